The average molecular weight is 485 g/mol. The largest absolute Gasteiger partial charge is 0.490 e. The van der Waals surface area contributed by atoms with E-state index in [2.05, 4.69) is 10.2 Å². The van der Waals surface area contributed by atoms with Crippen LogP contribution in [0.5, 0.6) is 5.75 Å². The summed E-state index contributed by atoms with van der Waals surface area (Å²) in [6.45, 7) is 4.01. The molecule has 1 spiro atoms. The zero-order chi connectivity index (χ0) is 20.5. The maximum absolute atomic E-state index is 12.8. The van der Waals surface area contributed by atoms with E-state index < -0.39 is 11.7 Å². The van der Waals surface area contributed by atoms with Crippen molar-refractivity contribution in [2.75, 3.05) is 32.7 Å². The van der Waals surface area contributed by atoms with E-state index in [1.807, 2.05) is 0 Å². The van der Waals surface area contributed by atoms with Crippen molar-refractivity contribution < 1.29 is 27.4 Å². The van der Waals surface area contributed by atoms with E-state index in [0.29, 0.717) is 0 Å². The lowest BCUT2D eigenvalue weighted by Crippen LogP contribution is -2.42. The predicted molar refractivity (Wildman–Crippen MR) is 115 cm³/mol. The Morgan fingerprint density at radius 2 is 1.84 bits per heavy atom. The third-order valence-corrected chi connectivity index (χ3v) is 6.35. The normalized spacial score (nSPS) is 24.2. The SMILES string of the molecule is Cl.Cl.O=C1OC(CN2CCC(Oc3cccc(C(F)(F)F)c3)CC2)CC12CCNCC2. The van der Waals surface area contributed by atoms with Crippen molar-refractivity contribution >= 4 is 30.8 Å². The number of halogens is 5. The maximum Gasteiger partial charge on any atom is 0.416 e. The summed E-state index contributed by atoms with van der Waals surface area (Å²) in [7, 11) is 0. The van der Waals surface area contributed by atoms with E-state index >= 15 is 0 Å². The molecule has 5 nitrogen and oxygen atoms in total. The summed E-state index contributed by atoms with van der Waals surface area (Å²) >= 11 is 0. The second-order valence-corrected chi connectivity index (χ2v) is 8.41. The van der Waals surface area contributed by atoms with Gasteiger partial charge in [-0.1, -0.05) is 6.07 Å². The summed E-state index contributed by atoms with van der Waals surface area (Å²) in [6, 6.07) is 5.05. The molecule has 0 radical (unpaired) electrons. The van der Waals surface area contributed by atoms with Gasteiger partial charge in [0.05, 0.1) is 11.0 Å². The highest BCUT2D eigenvalue weighted by Crippen LogP contribution is 2.42. The first-order chi connectivity index (χ1) is 13.8. The third kappa shape index (κ3) is 6.18. The molecule has 4 rings (SSSR count). The van der Waals surface area contributed by atoms with Gasteiger partial charge < -0.3 is 14.8 Å². The minimum atomic E-state index is -4.37. The van der Waals surface area contributed by atoms with Crippen LogP contribution in [0.25, 0.3) is 0 Å². The van der Waals surface area contributed by atoms with Gasteiger partial charge in [-0.25, -0.2) is 0 Å². The number of cyclic esters (lactones) is 1. The van der Waals surface area contributed by atoms with E-state index in [9.17, 15) is 18.0 Å². The Balaban J connectivity index is 0.00000171. The van der Waals surface area contributed by atoms with Crippen LogP contribution in [0.15, 0.2) is 24.3 Å². The molecule has 0 aliphatic carbocycles. The molecule has 3 aliphatic rings. The smallest absolute Gasteiger partial charge is 0.416 e. The number of alkyl halides is 3. The van der Waals surface area contributed by atoms with Gasteiger partial charge in [0.2, 0.25) is 0 Å². The Bertz CT molecular complexity index is 737. The first-order valence-electron chi connectivity index (χ1n) is 10.3. The number of hydrogen-bond donors (Lipinski definition) is 1. The van der Waals surface area contributed by atoms with Gasteiger partial charge in [0.25, 0.3) is 0 Å². The molecule has 31 heavy (non-hydrogen) atoms. The molecular formula is C21H29Cl2F3N2O3. The summed E-state index contributed by atoms with van der Waals surface area (Å²) in [5.74, 6) is 0.211. The minimum Gasteiger partial charge on any atom is -0.490 e. The molecule has 3 aliphatic heterocycles. The number of esters is 1. The summed E-state index contributed by atoms with van der Waals surface area (Å²) in [4.78, 5) is 14.7. The number of piperidine rings is 2. The predicted octanol–water partition coefficient (Wildman–Crippen LogP) is 4.08. The second-order valence-electron chi connectivity index (χ2n) is 8.41. The molecule has 3 saturated heterocycles. The summed E-state index contributed by atoms with van der Waals surface area (Å²) in [6.07, 6.45) is -0.581. The summed E-state index contributed by atoms with van der Waals surface area (Å²) < 4.78 is 50.0. The fourth-order valence-corrected chi connectivity index (χ4v) is 4.69. The van der Waals surface area contributed by atoms with E-state index in [-0.39, 0.29) is 54.2 Å². The van der Waals surface area contributed by atoms with Crippen molar-refractivity contribution in [2.45, 2.75) is 50.5 Å². The van der Waals surface area contributed by atoms with Crippen LogP contribution in [0, 0.1) is 5.41 Å². The fourth-order valence-electron chi connectivity index (χ4n) is 4.69. The number of nitrogens with zero attached hydrogens (tertiary/aromatic N) is 1. The van der Waals surface area contributed by atoms with Gasteiger partial charge in [0, 0.05) is 26.1 Å². The average Bonchev–Trinajstić information content (AvgIpc) is 2.98. The van der Waals surface area contributed by atoms with E-state index in [4.69, 9.17) is 9.47 Å². The van der Waals surface area contributed by atoms with Gasteiger partial charge in [-0.15, -0.1) is 24.8 Å². The van der Waals surface area contributed by atoms with Crippen LogP contribution in [-0.2, 0) is 15.7 Å². The monoisotopic (exact) mass is 484 g/mol. The molecule has 3 fully saturated rings. The first kappa shape index (κ1) is 26.0. The van der Waals surface area contributed by atoms with Crippen LogP contribution in [0.2, 0.25) is 0 Å². The van der Waals surface area contributed by atoms with Gasteiger partial charge in [-0.2, -0.15) is 13.2 Å². The third-order valence-electron chi connectivity index (χ3n) is 6.35. The molecule has 1 atom stereocenters. The number of hydrogen-bond acceptors (Lipinski definition) is 5. The number of likely N-dealkylation sites (tertiary alicyclic amines) is 1. The topological polar surface area (TPSA) is 50.8 Å². The number of benzene rings is 1. The molecule has 1 unspecified atom stereocenters. The van der Waals surface area contributed by atoms with Crippen LogP contribution < -0.4 is 10.1 Å². The Morgan fingerprint density at radius 3 is 2.48 bits per heavy atom. The van der Waals surface area contributed by atoms with Gasteiger partial charge in [-0.3, -0.25) is 9.69 Å². The highest BCUT2D eigenvalue weighted by atomic mass is 35.5. The Hall–Kier alpha value is -1.22. The van der Waals surface area contributed by atoms with Crippen molar-refractivity contribution in [3.05, 3.63) is 29.8 Å². The van der Waals surface area contributed by atoms with Crippen molar-refractivity contribution in [1.29, 1.82) is 0 Å². The molecule has 0 bridgehead atoms. The van der Waals surface area contributed by atoms with Crippen LogP contribution >= 0.6 is 24.8 Å². The van der Waals surface area contributed by atoms with E-state index in [1.165, 1.54) is 6.07 Å². The fraction of sp³-hybridized carbons (Fsp3) is 0.667. The molecule has 1 N–H and O–H groups in total. The highest BCUT2D eigenvalue weighted by molar-refractivity contribution is 5.85. The van der Waals surface area contributed by atoms with Crippen molar-refractivity contribution in [3.8, 4) is 5.75 Å². The Morgan fingerprint density at radius 1 is 1.16 bits per heavy atom. The van der Waals surface area contributed by atoms with Crippen LogP contribution in [0.3, 0.4) is 0 Å². The number of carbonyl (C=O) groups excluding carboxylic acids is 1. The van der Waals surface area contributed by atoms with Crippen LogP contribution in [0.1, 0.15) is 37.7 Å². The van der Waals surface area contributed by atoms with E-state index in [0.717, 1.165) is 77.0 Å². The lowest BCUT2D eigenvalue weighted by Gasteiger charge is -2.33. The van der Waals surface area contributed by atoms with Crippen LogP contribution in [0.4, 0.5) is 13.2 Å². The Kier molecular flexibility index (Phi) is 8.90. The molecular weight excluding hydrogens is 456 g/mol. The number of rotatable bonds is 4. The molecule has 10 heteroatoms. The van der Waals surface area contributed by atoms with Gasteiger partial charge >= 0.3 is 12.1 Å². The minimum absolute atomic E-state index is 0. The maximum atomic E-state index is 12.8. The molecule has 1 aromatic rings. The lowest BCUT2D eigenvalue weighted by molar-refractivity contribution is -0.150. The first-order valence-corrected chi connectivity index (χ1v) is 10.3. The molecule has 1 aromatic carbocycles. The zero-order valence-electron chi connectivity index (χ0n) is 17.2. The number of nitrogens with one attached hydrogen (secondary N) is 1. The molecule has 3 heterocycles. The zero-order valence-corrected chi connectivity index (χ0v) is 18.8. The highest BCUT2D eigenvalue weighted by Gasteiger charge is 2.49. The van der Waals surface area contributed by atoms with Crippen molar-refractivity contribution in [1.82, 2.24) is 10.2 Å². The standard InChI is InChI=1S/C21H27F3N2O3.2ClH/c22-21(23,24)15-2-1-3-17(12-15)28-16-4-10-26(11-5-16)14-18-13-20(19(27)29-18)6-8-25-9-7-20;;/h1-3,12,16,18,25H,4-11,13-14H2;2*1H. The van der Waals surface area contributed by atoms with Gasteiger partial charge in [-0.05, 0) is 57.0 Å². The summed E-state index contributed by atoms with van der Waals surface area (Å²) in [5.41, 5.74) is -0.997. The quantitative estimate of drug-likeness (QED) is 0.652. The van der Waals surface area contributed by atoms with Crippen molar-refractivity contribution in [2.24, 2.45) is 5.41 Å². The molecule has 0 saturated carbocycles. The van der Waals surface area contributed by atoms with E-state index in [1.54, 1.807) is 6.07 Å². The molecule has 176 valence electrons. The summed E-state index contributed by atoms with van der Waals surface area (Å²) in [5, 5.41) is 3.29. The number of carbonyl (C=O) groups is 1. The lowest BCUT2D eigenvalue weighted by atomic mass is 9.76. The molecule has 0 amide bonds. The molecule has 0 aromatic heterocycles. The second kappa shape index (κ2) is 10.6. The van der Waals surface area contributed by atoms with Gasteiger partial charge in [0.1, 0.15) is 18.0 Å². The number of ether oxygens (including phenoxy) is 2. The van der Waals surface area contributed by atoms with Crippen molar-refractivity contribution in [3.63, 3.8) is 0 Å². The Labute approximate surface area is 192 Å². The van der Waals surface area contributed by atoms with Gasteiger partial charge in [0.15, 0.2) is 0 Å². The van der Waals surface area contributed by atoms with Crippen LogP contribution in [-0.4, -0.2) is 55.8 Å².